The average molecular weight is 307 g/mol. The van der Waals surface area contributed by atoms with Crippen molar-refractivity contribution in [2.75, 3.05) is 26.8 Å². The standard InChI is InChI=1S/C16H22FN3O2/c1-4-21-8-7-19-16(18-3)20-10-15-11(2)13-9-12(17)5-6-14(13)22-15/h5-6,9H,4,7-8,10H2,1-3H3,(H2,18,19,20). The van der Waals surface area contributed by atoms with Crippen LogP contribution in [0.3, 0.4) is 0 Å². The first-order valence-electron chi connectivity index (χ1n) is 7.35. The fourth-order valence-electron chi connectivity index (χ4n) is 2.18. The first kappa shape index (κ1) is 16.3. The highest BCUT2D eigenvalue weighted by molar-refractivity contribution is 5.83. The van der Waals surface area contributed by atoms with Gasteiger partial charge in [-0.15, -0.1) is 0 Å². The minimum absolute atomic E-state index is 0.260. The van der Waals surface area contributed by atoms with E-state index >= 15 is 0 Å². The molecule has 0 aliphatic heterocycles. The fraction of sp³-hybridized carbons (Fsp3) is 0.438. The van der Waals surface area contributed by atoms with E-state index in [4.69, 9.17) is 9.15 Å². The smallest absolute Gasteiger partial charge is 0.191 e. The van der Waals surface area contributed by atoms with Crippen molar-refractivity contribution in [1.82, 2.24) is 10.6 Å². The molecule has 1 heterocycles. The van der Waals surface area contributed by atoms with Crippen LogP contribution in [0, 0.1) is 12.7 Å². The zero-order valence-corrected chi connectivity index (χ0v) is 13.2. The number of nitrogens with one attached hydrogen (secondary N) is 2. The van der Waals surface area contributed by atoms with Gasteiger partial charge in [-0.05, 0) is 32.0 Å². The molecule has 0 atom stereocenters. The molecule has 0 bridgehead atoms. The maximum absolute atomic E-state index is 13.3. The second-order valence-electron chi connectivity index (χ2n) is 4.84. The molecule has 6 heteroatoms. The van der Waals surface area contributed by atoms with Crippen LogP contribution in [0.5, 0.6) is 0 Å². The van der Waals surface area contributed by atoms with Crippen LogP contribution in [0.2, 0.25) is 0 Å². The summed E-state index contributed by atoms with van der Waals surface area (Å²) in [5, 5.41) is 7.13. The first-order valence-corrected chi connectivity index (χ1v) is 7.35. The largest absolute Gasteiger partial charge is 0.459 e. The quantitative estimate of drug-likeness (QED) is 0.489. The van der Waals surface area contributed by atoms with E-state index < -0.39 is 0 Å². The van der Waals surface area contributed by atoms with Crippen LogP contribution in [0.4, 0.5) is 4.39 Å². The Hall–Kier alpha value is -2.08. The lowest BCUT2D eigenvalue weighted by Gasteiger charge is -2.11. The number of hydrogen-bond donors (Lipinski definition) is 2. The summed E-state index contributed by atoms with van der Waals surface area (Å²) in [6, 6.07) is 4.54. The highest BCUT2D eigenvalue weighted by atomic mass is 19.1. The molecule has 22 heavy (non-hydrogen) atoms. The molecule has 0 amide bonds. The summed E-state index contributed by atoms with van der Waals surface area (Å²) < 4.78 is 24.3. The minimum atomic E-state index is -0.260. The Kier molecular flexibility index (Phi) is 5.77. The normalized spacial score (nSPS) is 11.9. The van der Waals surface area contributed by atoms with Crippen LogP contribution >= 0.6 is 0 Å². The molecule has 0 aliphatic rings. The van der Waals surface area contributed by atoms with Gasteiger partial charge in [-0.2, -0.15) is 0 Å². The summed E-state index contributed by atoms with van der Waals surface area (Å²) in [6.07, 6.45) is 0. The summed E-state index contributed by atoms with van der Waals surface area (Å²) in [7, 11) is 1.71. The van der Waals surface area contributed by atoms with Crippen molar-refractivity contribution in [3.8, 4) is 0 Å². The molecule has 1 aromatic carbocycles. The van der Waals surface area contributed by atoms with Crippen molar-refractivity contribution in [1.29, 1.82) is 0 Å². The van der Waals surface area contributed by atoms with Gasteiger partial charge in [0, 0.05) is 31.1 Å². The Bertz CT molecular complexity index is 652. The number of furan rings is 1. The summed E-state index contributed by atoms with van der Waals surface area (Å²) in [6.45, 7) is 6.37. The zero-order valence-electron chi connectivity index (χ0n) is 13.2. The van der Waals surface area contributed by atoms with E-state index in [1.54, 1.807) is 13.1 Å². The van der Waals surface area contributed by atoms with Crippen molar-refractivity contribution < 1.29 is 13.5 Å². The molecule has 2 rings (SSSR count). The van der Waals surface area contributed by atoms with E-state index in [1.807, 2.05) is 13.8 Å². The average Bonchev–Trinajstić information content (AvgIpc) is 2.83. The van der Waals surface area contributed by atoms with Crippen LogP contribution < -0.4 is 10.6 Å². The van der Waals surface area contributed by atoms with Crippen molar-refractivity contribution in [2.45, 2.75) is 20.4 Å². The highest BCUT2D eigenvalue weighted by Crippen LogP contribution is 2.25. The summed E-state index contributed by atoms with van der Waals surface area (Å²) >= 11 is 0. The monoisotopic (exact) mass is 307 g/mol. The van der Waals surface area contributed by atoms with Crippen molar-refractivity contribution in [2.24, 2.45) is 4.99 Å². The molecule has 0 radical (unpaired) electrons. The van der Waals surface area contributed by atoms with E-state index in [0.29, 0.717) is 37.8 Å². The number of hydrogen-bond acceptors (Lipinski definition) is 3. The van der Waals surface area contributed by atoms with Gasteiger partial charge in [0.15, 0.2) is 5.96 Å². The molecule has 5 nitrogen and oxygen atoms in total. The van der Waals surface area contributed by atoms with Crippen molar-refractivity contribution >= 4 is 16.9 Å². The number of nitrogens with zero attached hydrogens (tertiary/aromatic N) is 1. The third kappa shape index (κ3) is 3.98. The lowest BCUT2D eigenvalue weighted by Crippen LogP contribution is -2.38. The third-order valence-corrected chi connectivity index (χ3v) is 3.38. The topological polar surface area (TPSA) is 58.8 Å². The Balaban J connectivity index is 1.97. The molecule has 0 spiro atoms. The predicted octanol–water partition coefficient (Wildman–Crippen LogP) is 2.58. The minimum Gasteiger partial charge on any atom is -0.459 e. The summed E-state index contributed by atoms with van der Waals surface area (Å²) in [4.78, 5) is 4.14. The molecular formula is C16H22FN3O2. The van der Waals surface area contributed by atoms with Crippen LogP contribution in [0.15, 0.2) is 27.6 Å². The van der Waals surface area contributed by atoms with Crippen LogP contribution in [-0.4, -0.2) is 32.8 Å². The molecule has 120 valence electrons. The number of halogens is 1. The van der Waals surface area contributed by atoms with E-state index in [2.05, 4.69) is 15.6 Å². The molecular weight excluding hydrogens is 285 g/mol. The Morgan fingerprint density at radius 1 is 1.36 bits per heavy atom. The van der Waals surface area contributed by atoms with Gasteiger partial charge in [0.2, 0.25) is 0 Å². The Labute approximate surface area is 129 Å². The number of ether oxygens (including phenoxy) is 1. The fourth-order valence-corrected chi connectivity index (χ4v) is 2.18. The molecule has 0 saturated carbocycles. The molecule has 0 aliphatic carbocycles. The number of benzene rings is 1. The first-order chi connectivity index (χ1) is 10.7. The molecule has 0 fully saturated rings. The van der Waals surface area contributed by atoms with E-state index in [1.165, 1.54) is 12.1 Å². The zero-order chi connectivity index (χ0) is 15.9. The third-order valence-electron chi connectivity index (χ3n) is 3.38. The van der Waals surface area contributed by atoms with E-state index in [9.17, 15) is 4.39 Å². The van der Waals surface area contributed by atoms with E-state index in [0.717, 1.165) is 16.7 Å². The van der Waals surface area contributed by atoms with Gasteiger partial charge in [0.1, 0.15) is 17.2 Å². The molecule has 0 unspecified atom stereocenters. The van der Waals surface area contributed by atoms with Gasteiger partial charge < -0.3 is 19.8 Å². The lowest BCUT2D eigenvalue weighted by atomic mass is 10.1. The van der Waals surface area contributed by atoms with Crippen LogP contribution in [-0.2, 0) is 11.3 Å². The second kappa shape index (κ2) is 7.79. The maximum Gasteiger partial charge on any atom is 0.191 e. The van der Waals surface area contributed by atoms with Gasteiger partial charge in [0.25, 0.3) is 0 Å². The summed E-state index contributed by atoms with van der Waals surface area (Å²) in [5.41, 5.74) is 1.63. The Morgan fingerprint density at radius 2 is 2.18 bits per heavy atom. The molecule has 0 saturated heterocycles. The number of rotatable bonds is 6. The molecule has 2 aromatic rings. The number of aryl methyl sites for hydroxylation is 1. The van der Waals surface area contributed by atoms with Crippen LogP contribution in [0.25, 0.3) is 11.0 Å². The van der Waals surface area contributed by atoms with E-state index in [-0.39, 0.29) is 5.82 Å². The predicted molar refractivity (Wildman–Crippen MR) is 85.6 cm³/mol. The molecule has 2 N–H and O–H groups in total. The van der Waals surface area contributed by atoms with Gasteiger partial charge >= 0.3 is 0 Å². The SMILES string of the molecule is CCOCCNC(=NC)NCc1oc2ccc(F)cc2c1C. The lowest BCUT2D eigenvalue weighted by molar-refractivity contribution is 0.152. The van der Waals surface area contributed by atoms with Gasteiger partial charge in [-0.25, -0.2) is 4.39 Å². The number of guanidine groups is 1. The molecule has 1 aromatic heterocycles. The van der Waals surface area contributed by atoms with Crippen LogP contribution in [0.1, 0.15) is 18.2 Å². The highest BCUT2D eigenvalue weighted by Gasteiger charge is 2.11. The van der Waals surface area contributed by atoms with Gasteiger partial charge in [-0.3, -0.25) is 4.99 Å². The van der Waals surface area contributed by atoms with Gasteiger partial charge in [-0.1, -0.05) is 0 Å². The van der Waals surface area contributed by atoms with Crippen molar-refractivity contribution in [3.05, 3.63) is 35.3 Å². The number of aliphatic imine (C=N–C) groups is 1. The number of fused-ring (bicyclic) bond motifs is 1. The maximum atomic E-state index is 13.3. The summed E-state index contributed by atoms with van der Waals surface area (Å²) in [5.74, 6) is 1.18. The Morgan fingerprint density at radius 3 is 2.91 bits per heavy atom. The van der Waals surface area contributed by atoms with Gasteiger partial charge in [0.05, 0.1) is 13.2 Å². The second-order valence-corrected chi connectivity index (χ2v) is 4.84. The van der Waals surface area contributed by atoms with Crippen molar-refractivity contribution in [3.63, 3.8) is 0 Å².